The number of hydrogen-bond acceptors (Lipinski definition) is 6. The van der Waals surface area contributed by atoms with Crippen molar-refractivity contribution in [3.8, 4) is 11.1 Å². The first-order valence-electron chi connectivity index (χ1n) is 10.0. The number of carbonyl (C=O) groups excluding carboxylic acids is 3. The first kappa shape index (κ1) is 22.8. The third-order valence-electron chi connectivity index (χ3n) is 5.24. The Kier molecular flexibility index (Phi) is 7.09. The molecule has 0 spiro atoms. The summed E-state index contributed by atoms with van der Waals surface area (Å²) in [7, 11) is 1.16. The molecule has 9 nitrogen and oxygen atoms in total. The van der Waals surface area contributed by atoms with Gasteiger partial charge in [0.25, 0.3) is 0 Å². The predicted molar refractivity (Wildman–Crippen MR) is 114 cm³/mol. The zero-order valence-electron chi connectivity index (χ0n) is 17.7. The smallest absolute Gasteiger partial charge is 0.407 e. The van der Waals surface area contributed by atoms with E-state index in [4.69, 9.17) is 9.84 Å². The van der Waals surface area contributed by atoms with Crippen molar-refractivity contribution in [2.24, 2.45) is 0 Å². The van der Waals surface area contributed by atoms with Gasteiger partial charge in [0.1, 0.15) is 18.7 Å². The van der Waals surface area contributed by atoms with Crippen LogP contribution in [0.2, 0.25) is 0 Å². The minimum Gasteiger partial charge on any atom is -0.481 e. The Bertz CT molecular complexity index is 991. The van der Waals surface area contributed by atoms with Crippen LogP contribution >= 0.6 is 0 Å². The molecule has 3 rings (SSSR count). The number of hydrogen-bond donors (Lipinski definition) is 3. The number of nitrogens with one attached hydrogen (secondary N) is 2. The van der Waals surface area contributed by atoms with Crippen molar-refractivity contribution in [1.82, 2.24) is 10.6 Å². The lowest BCUT2D eigenvalue weighted by Gasteiger charge is -2.20. The molecule has 0 aliphatic heterocycles. The summed E-state index contributed by atoms with van der Waals surface area (Å²) < 4.78 is 9.89. The topological polar surface area (TPSA) is 131 Å². The molecule has 1 aliphatic carbocycles. The summed E-state index contributed by atoms with van der Waals surface area (Å²) >= 11 is 0. The van der Waals surface area contributed by atoms with Gasteiger partial charge in [-0.25, -0.2) is 9.59 Å². The molecule has 3 N–H and O–H groups in total. The van der Waals surface area contributed by atoms with E-state index in [-0.39, 0.29) is 12.5 Å². The molecule has 168 valence electrons. The Morgan fingerprint density at radius 1 is 0.969 bits per heavy atom. The molecule has 1 unspecified atom stereocenters. The summed E-state index contributed by atoms with van der Waals surface area (Å²) in [6.45, 7) is 1.40. The van der Waals surface area contributed by atoms with Crippen molar-refractivity contribution in [3.05, 3.63) is 59.7 Å². The van der Waals surface area contributed by atoms with Crippen LogP contribution in [-0.4, -0.2) is 54.8 Å². The molecule has 0 saturated carbocycles. The molecule has 0 aromatic heterocycles. The fraction of sp³-hybridized carbons (Fsp3) is 0.304. The predicted octanol–water partition coefficient (Wildman–Crippen LogP) is 2.05. The normalized spacial score (nSPS) is 13.8. The zero-order valence-corrected chi connectivity index (χ0v) is 17.7. The van der Waals surface area contributed by atoms with Gasteiger partial charge in [-0.2, -0.15) is 0 Å². The molecule has 0 fully saturated rings. The Morgan fingerprint density at radius 3 is 2.06 bits per heavy atom. The highest BCUT2D eigenvalue weighted by Gasteiger charge is 2.31. The van der Waals surface area contributed by atoms with Gasteiger partial charge in [-0.15, -0.1) is 0 Å². The third-order valence-corrected chi connectivity index (χ3v) is 5.24. The molecule has 1 aliphatic rings. The molecular formula is C23H24N2O7. The minimum atomic E-state index is -1.42. The number of carboxylic acid groups (broad SMARTS) is 1. The Hall–Kier alpha value is -3.88. The van der Waals surface area contributed by atoms with Crippen molar-refractivity contribution < 1.29 is 33.8 Å². The number of aliphatic carboxylic acids is 1. The summed E-state index contributed by atoms with van der Waals surface area (Å²) in [5.74, 6) is -3.01. The van der Waals surface area contributed by atoms with Gasteiger partial charge >= 0.3 is 18.0 Å². The largest absolute Gasteiger partial charge is 0.481 e. The van der Waals surface area contributed by atoms with Crippen LogP contribution < -0.4 is 10.6 Å². The molecular weight excluding hydrogens is 416 g/mol. The molecule has 0 heterocycles. The van der Waals surface area contributed by atoms with Gasteiger partial charge in [0, 0.05) is 5.92 Å². The minimum absolute atomic E-state index is 0.0137. The molecule has 0 saturated heterocycles. The van der Waals surface area contributed by atoms with Crippen LogP contribution in [0.4, 0.5) is 4.79 Å². The monoisotopic (exact) mass is 440 g/mol. The number of benzene rings is 2. The highest BCUT2D eigenvalue weighted by atomic mass is 16.5. The van der Waals surface area contributed by atoms with E-state index in [9.17, 15) is 19.2 Å². The number of ether oxygens (including phenoxy) is 2. The van der Waals surface area contributed by atoms with Crippen LogP contribution in [0.5, 0.6) is 0 Å². The van der Waals surface area contributed by atoms with Crippen LogP contribution in [0, 0.1) is 0 Å². The Balaban J connectivity index is 1.66. The molecule has 2 atom stereocenters. The molecule has 2 aromatic rings. The van der Waals surface area contributed by atoms with E-state index in [1.807, 2.05) is 48.5 Å². The lowest BCUT2D eigenvalue weighted by atomic mass is 9.98. The molecule has 2 amide bonds. The number of carbonyl (C=O) groups is 4. The van der Waals surface area contributed by atoms with E-state index in [0.717, 1.165) is 29.4 Å². The van der Waals surface area contributed by atoms with E-state index in [1.54, 1.807) is 0 Å². The van der Waals surface area contributed by atoms with Crippen molar-refractivity contribution in [2.45, 2.75) is 31.3 Å². The maximum atomic E-state index is 12.4. The summed E-state index contributed by atoms with van der Waals surface area (Å²) in [6, 6.07) is 13.2. The summed E-state index contributed by atoms with van der Waals surface area (Å²) in [4.78, 5) is 47.4. The average molecular weight is 440 g/mol. The first-order valence-corrected chi connectivity index (χ1v) is 10.0. The van der Waals surface area contributed by atoms with Gasteiger partial charge in [0.2, 0.25) is 5.91 Å². The Morgan fingerprint density at radius 2 is 1.53 bits per heavy atom. The first-order chi connectivity index (χ1) is 15.3. The zero-order chi connectivity index (χ0) is 23.3. The number of fused-ring (bicyclic) bond motifs is 3. The van der Waals surface area contributed by atoms with Gasteiger partial charge in [0.15, 0.2) is 0 Å². The molecule has 2 aromatic carbocycles. The van der Waals surface area contributed by atoms with E-state index < -0.39 is 42.4 Å². The SMILES string of the molecule is COC(=O)[C@@H](C)NC(=O)C(CC(=O)O)NC(=O)OCC1c2ccccc2-c2ccccc21. The molecule has 0 radical (unpaired) electrons. The van der Waals surface area contributed by atoms with Crippen LogP contribution in [0.1, 0.15) is 30.4 Å². The third kappa shape index (κ3) is 5.05. The number of rotatable bonds is 8. The standard InChI is InChI=1S/C23H24N2O7/c1-13(22(29)31-2)24-21(28)19(11-20(26)27)25-23(30)32-12-18-16-9-5-3-7-14(16)15-8-4-6-10-17(15)18/h3-10,13,18-19H,11-12H2,1-2H3,(H,24,28)(H,25,30)(H,26,27)/t13-,19?/m1/s1. The number of carboxylic acids is 1. The van der Waals surface area contributed by atoms with Crippen molar-refractivity contribution in [2.75, 3.05) is 13.7 Å². The summed E-state index contributed by atoms with van der Waals surface area (Å²) in [5, 5.41) is 13.7. The van der Waals surface area contributed by atoms with Crippen molar-refractivity contribution in [1.29, 1.82) is 0 Å². The van der Waals surface area contributed by atoms with Gasteiger partial charge in [-0.3, -0.25) is 9.59 Å². The van der Waals surface area contributed by atoms with Crippen molar-refractivity contribution in [3.63, 3.8) is 0 Å². The molecule has 32 heavy (non-hydrogen) atoms. The van der Waals surface area contributed by atoms with E-state index in [1.165, 1.54) is 6.92 Å². The van der Waals surface area contributed by atoms with Crippen LogP contribution in [-0.2, 0) is 23.9 Å². The lowest BCUT2D eigenvalue weighted by Crippen LogP contribution is -2.51. The summed E-state index contributed by atoms with van der Waals surface area (Å²) in [6.07, 6.45) is -1.61. The Labute approximate surface area is 184 Å². The van der Waals surface area contributed by atoms with Gasteiger partial charge in [0.05, 0.1) is 13.5 Å². The van der Waals surface area contributed by atoms with Crippen molar-refractivity contribution >= 4 is 23.9 Å². The average Bonchev–Trinajstić information content (AvgIpc) is 3.10. The van der Waals surface area contributed by atoms with Crippen LogP contribution in [0.15, 0.2) is 48.5 Å². The number of alkyl carbamates (subject to hydrolysis) is 1. The fourth-order valence-electron chi connectivity index (χ4n) is 3.72. The summed E-state index contributed by atoms with van der Waals surface area (Å²) in [5.41, 5.74) is 4.18. The maximum absolute atomic E-state index is 12.4. The number of esters is 1. The van der Waals surface area contributed by atoms with Crippen LogP contribution in [0.3, 0.4) is 0 Å². The second-order valence-corrected chi connectivity index (χ2v) is 7.37. The van der Waals surface area contributed by atoms with Gasteiger partial charge in [-0.1, -0.05) is 48.5 Å². The number of amides is 2. The highest BCUT2D eigenvalue weighted by Crippen LogP contribution is 2.44. The quantitative estimate of drug-likeness (QED) is 0.536. The molecule has 0 bridgehead atoms. The van der Waals surface area contributed by atoms with Gasteiger partial charge < -0.3 is 25.2 Å². The molecule has 9 heteroatoms. The van der Waals surface area contributed by atoms with Gasteiger partial charge in [-0.05, 0) is 29.2 Å². The maximum Gasteiger partial charge on any atom is 0.407 e. The second kappa shape index (κ2) is 9.95. The van der Waals surface area contributed by atoms with E-state index in [0.29, 0.717) is 0 Å². The second-order valence-electron chi connectivity index (χ2n) is 7.37. The van der Waals surface area contributed by atoms with E-state index in [2.05, 4.69) is 15.4 Å². The highest BCUT2D eigenvalue weighted by molar-refractivity contribution is 5.92. The fourth-order valence-corrected chi connectivity index (χ4v) is 3.72. The van der Waals surface area contributed by atoms with E-state index >= 15 is 0 Å². The van der Waals surface area contributed by atoms with Crippen LogP contribution in [0.25, 0.3) is 11.1 Å². The lowest BCUT2D eigenvalue weighted by molar-refractivity contribution is -0.145. The number of methoxy groups -OCH3 is 1.